The molecule has 0 aromatic heterocycles. The van der Waals surface area contributed by atoms with Crippen molar-refractivity contribution in [2.45, 2.75) is 32.1 Å². The molecule has 98 valence electrons. The Balaban J connectivity index is 1.75. The number of nitrogens with zero attached hydrogens (tertiary/aromatic N) is 1. The van der Waals surface area contributed by atoms with E-state index in [9.17, 15) is 0 Å². The maximum atomic E-state index is 6.06. The second kappa shape index (κ2) is 5.43. The zero-order chi connectivity index (χ0) is 12.3. The van der Waals surface area contributed by atoms with Crippen molar-refractivity contribution in [1.29, 1.82) is 0 Å². The summed E-state index contributed by atoms with van der Waals surface area (Å²) in [4.78, 5) is 2.43. The van der Waals surface area contributed by atoms with Gasteiger partial charge in [0.2, 0.25) is 0 Å². The Hall–Kier alpha value is -0.835. The first-order chi connectivity index (χ1) is 8.89. The van der Waals surface area contributed by atoms with E-state index < -0.39 is 6.69 Å². The van der Waals surface area contributed by atoms with Crippen LogP contribution in [0.15, 0.2) is 30.3 Å². The lowest BCUT2D eigenvalue weighted by molar-refractivity contribution is 0.0522. The van der Waals surface area contributed by atoms with Crippen LogP contribution in [-0.4, -0.2) is 31.3 Å². The Morgan fingerprint density at radius 2 is 1.78 bits per heavy atom. The van der Waals surface area contributed by atoms with E-state index >= 15 is 0 Å². The van der Waals surface area contributed by atoms with E-state index in [0.29, 0.717) is 0 Å². The van der Waals surface area contributed by atoms with E-state index in [1.54, 1.807) is 0 Å². The monoisotopic (exact) mass is 246 g/mol. The van der Waals surface area contributed by atoms with Crippen molar-refractivity contribution < 1.29 is 9.31 Å². The molecule has 0 atom stereocenters. The van der Waals surface area contributed by atoms with Crippen molar-refractivity contribution in [1.82, 2.24) is 4.81 Å². The summed E-state index contributed by atoms with van der Waals surface area (Å²) in [5.74, 6) is 0. The Morgan fingerprint density at radius 1 is 1.00 bits per heavy atom. The molecule has 2 fully saturated rings. The summed E-state index contributed by atoms with van der Waals surface area (Å²) in [7, 11) is 0. The fourth-order valence-corrected chi connectivity index (χ4v) is 3.15. The van der Waals surface area contributed by atoms with E-state index in [0.717, 1.165) is 39.0 Å². The van der Waals surface area contributed by atoms with Gasteiger partial charge in [0.1, 0.15) is 0 Å². The van der Waals surface area contributed by atoms with Crippen molar-refractivity contribution in [3.05, 3.63) is 35.9 Å². The van der Waals surface area contributed by atoms with Crippen LogP contribution >= 0.6 is 0 Å². The van der Waals surface area contributed by atoms with Crippen LogP contribution in [0.4, 0.5) is 0 Å². The van der Waals surface area contributed by atoms with Gasteiger partial charge in [0.05, 0.1) is 0 Å². The van der Waals surface area contributed by atoms with Crippen LogP contribution in [0.25, 0.3) is 0 Å². The van der Waals surface area contributed by atoms with Crippen LogP contribution in [0.2, 0.25) is 6.32 Å². The topological polar surface area (TPSA) is 21.7 Å². The molecule has 18 heavy (non-hydrogen) atoms. The summed E-state index contributed by atoms with van der Waals surface area (Å²) in [6.45, 7) is 2.58. The Labute approximate surface area is 109 Å². The SMILES string of the molecule is c1ccc(CN2CCCC[B-]23OCCCO3)cc1. The Bertz CT molecular complexity index is 370. The van der Waals surface area contributed by atoms with Gasteiger partial charge in [-0.3, -0.25) is 0 Å². The van der Waals surface area contributed by atoms with Crippen molar-refractivity contribution >= 4 is 6.69 Å². The quantitative estimate of drug-likeness (QED) is 0.749. The van der Waals surface area contributed by atoms with E-state index in [2.05, 4.69) is 35.1 Å². The van der Waals surface area contributed by atoms with E-state index in [1.807, 2.05) is 0 Å². The van der Waals surface area contributed by atoms with Gasteiger partial charge in [0.15, 0.2) is 0 Å². The molecule has 2 aliphatic rings. The average molecular weight is 246 g/mol. The Morgan fingerprint density at radius 3 is 2.56 bits per heavy atom. The van der Waals surface area contributed by atoms with Gasteiger partial charge in [-0.05, 0) is 31.5 Å². The molecule has 3 rings (SSSR count). The lowest BCUT2D eigenvalue weighted by atomic mass is 9.60. The second-order valence-electron chi connectivity index (χ2n) is 5.37. The molecular weight excluding hydrogens is 225 g/mol. The minimum absolute atomic E-state index is 0.852. The van der Waals surface area contributed by atoms with E-state index in [4.69, 9.17) is 9.31 Å². The summed E-state index contributed by atoms with van der Waals surface area (Å²) in [6.07, 6.45) is 4.57. The molecule has 1 spiro atoms. The first kappa shape index (κ1) is 12.2. The third-order valence-electron chi connectivity index (χ3n) is 4.09. The fourth-order valence-electron chi connectivity index (χ4n) is 3.15. The van der Waals surface area contributed by atoms with Crippen molar-refractivity contribution in [2.24, 2.45) is 0 Å². The molecule has 0 unspecified atom stereocenters. The minimum Gasteiger partial charge on any atom is -0.555 e. The van der Waals surface area contributed by atoms with Gasteiger partial charge >= 0.3 is 6.69 Å². The molecule has 2 saturated heterocycles. The lowest BCUT2D eigenvalue weighted by Gasteiger charge is -2.55. The molecule has 1 aromatic carbocycles. The van der Waals surface area contributed by atoms with E-state index in [-0.39, 0.29) is 0 Å². The number of rotatable bonds is 2. The van der Waals surface area contributed by atoms with Gasteiger partial charge in [-0.2, -0.15) is 0 Å². The second-order valence-corrected chi connectivity index (χ2v) is 5.37. The molecule has 0 amide bonds. The molecular formula is C14H21BNO2-. The molecule has 1 aromatic rings. The van der Waals surface area contributed by atoms with Crippen LogP contribution in [0, 0.1) is 0 Å². The summed E-state index contributed by atoms with van der Waals surface area (Å²) in [6, 6.07) is 10.6. The van der Waals surface area contributed by atoms with Gasteiger partial charge in [-0.25, -0.2) is 0 Å². The summed E-state index contributed by atoms with van der Waals surface area (Å²) < 4.78 is 12.1. The Kier molecular flexibility index (Phi) is 3.68. The lowest BCUT2D eigenvalue weighted by Crippen LogP contribution is -2.62. The van der Waals surface area contributed by atoms with Gasteiger partial charge in [-0.1, -0.05) is 36.8 Å². The standard InChI is InChI=1S/C14H21BNO2/c1-2-7-14(8-3-1)13-16-10-5-4-9-15(16)17-11-6-12-18-15/h1-3,7-8H,4-6,9-13H2/q-1. The predicted molar refractivity (Wildman–Crippen MR) is 73.2 cm³/mol. The van der Waals surface area contributed by atoms with Gasteiger partial charge < -0.3 is 14.1 Å². The highest BCUT2D eigenvalue weighted by atomic mass is 16.6. The predicted octanol–water partition coefficient (Wildman–Crippen LogP) is 2.66. The largest absolute Gasteiger partial charge is 0.555 e. The van der Waals surface area contributed by atoms with E-state index in [1.165, 1.54) is 18.4 Å². The zero-order valence-corrected chi connectivity index (χ0v) is 10.9. The first-order valence-electron chi connectivity index (χ1n) is 7.11. The average Bonchev–Trinajstić information content (AvgIpc) is 2.44. The van der Waals surface area contributed by atoms with Crippen LogP contribution < -0.4 is 0 Å². The van der Waals surface area contributed by atoms with Gasteiger partial charge in [0, 0.05) is 13.2 Å². The smallest absolute Gasteiger partial charge is 0.317 e. The number of hydrogen-bond acceptors (Lipinski definition) is 3. The summed E-state index contributed by atoms with van der Waals surface area (Å²) in [5.41, 5.74) is 1.35. The molecule has 0 radical (unpaired) electrons. The molecule has 4 heteroatoms. The highest BCUT2D eigenvalue weighted by Crippen LogP contribution is 2.31. The van der Waals surface area contributed by atoms with Crippen LogP contribution in [-0.2, 0) is 15.9 Å². The summed E-state index contributed by atoms with van der Waals surface area (Å²) in [5, 5.41) is 0. The molecule has 0 aliphatic carbocycles. The van der Waals surface area contributed by atoms with Gasteiger partial charge in [-0.15, -0.1) is 6.32 Å². The van der Waals surface area contributed by atoms with Crippen molar-refractivity contribution in [3.8, 4) is 0 Å². The maximum Gasteiger partial charge on any atom is 0.317 e. The highest BCUT2D eigenvalue weighted by molar-refractivity contribution is 6.64. The molecule has 0 bridgehead atoms. The van der Waals surface area contributed by atoms with Crippen molar-refractivity contribution in [2.75, 3.05) is 19.8 Å². The summed E-state index contributed by atoms with van der Waals surface area (Å²) >= 11 is 0. The first-order valence-corrected chi connectivity index (χ1v) is 7.11. The van der Waals surface area contributed by atoms with Gasteiger partial charge in [0.25, 0.3) is 0 Å². The third-order valence-corrected chi connectivity index (χ3v) is 4.09. The maximum absolute atomic E-state index is 6.06. The zero-order valence-electron chi connectivity index (χ0n) is 10.9. The molecule has 0 saturated carbocycles. The minimum atomic E-state index is -1.16. The fraction of sp³-hybridized carbons (Fsp3) is 0.571. The molecule has 2 heterocycles. The van der Waals surface area contributed by atoms with Crippen molar-refractivity contribution in [3.63, 3.8) is 0 Å². The molecule has 3 nitrogen and oxygen atoms in total. The van der Waals surface area contributed by atoms with Crippen LogP contribution in [0.1, 0.15) is 24.8 Å². The third kappa shape index (κ3) is 2.46. The highest BCUT2D eigenvalue weighted by Gasteiger charge is 2.37. The van der Waals surface area contributed by atoms with Crippen LogP contribution in [0.5, 0.6) is 0 Å². The molecule has 2 aliphatic heterocycles. The van der Waals surface area contributed by atoms with Crippen LogP contribution in [0.3, 0.4) is 0 Å². The normalized spacial score (nSPS) is 24.2. The number of benzene rings is 1. The molecule has 0 N–H and O–H groups in total. The number of hydrogen-bond donors (Lipinski definition) is 0.